The fraction of sp³-hybridized carbons (Fsp3) is 0.278. The molecule has 0 spiro atoms. The van der Waals surface area contributed by atoms with Crippen LogP contribution in [-0.4, -0.2) is 12.5 Å². The van der Waals surface area contributed by atoms with Gasteiger partial charge in [-0.15, -0.1) is 0 Å². The summed E-state index contributed by atoms with van der Waals surface area (Å²) in [6.07, 6.45) is 3.54. The van der Waals surface area contributed by atoms with E-state index in [1.807, 2.05) is 30.3 Å². The van der Waals surface area contributed by atoms with Crippen LogP contribution in [0.5, 0.6) is 0 Å². The van der Waals surface area contributed by atoms with Gasteiger partial charge in [0, 0.05) is 18.0 Å². The molecule has 2 aromatic carbocycles. The highest BCUT2D eigenvalue weighted by molar-refractivity contribution is 5.94. The first kappa shape index (κ1) is 12.9. The number of rotatable bonds is 3. The van der Waals surface area contributed by atoms with Crippen LogP contribution in [0, 0.1) is 0 Å². The Bertz CT molecular complexity index is 591. The number of hydrogen-bond donors (Lipinski definition) is 1. The number of carbonyl (C=O) groups is 1. The van der Waals surface area contributed by atoms with Gasteiger partial charge in [-0.2, -0.15) is 0 Å². The van der Waals surface area contributed by atoms with E-state index in [0.29, 0.717) is 5.92 Å². The highest BCUT2D eigenvalue weighted by Crippen LogP contribution is 2.30. The van der Waals surface area contributed by atoms with E-state index in [4.69, 9.17) is 0 Å². The monoisotopic (exact) mass is 265 g/mol. The van der Waals surface area contributed by atoms with Gasteiger partial charge in [-0.05, 0) is 42.5 Å². The number of aryl methyl sites for hydroxylation is 1. The Morgan fingerprint density at radius 1 is 1.05 bits per heavy atom. The van der Waals surface area contributed by atoms with Crippen LogP contribution in [0.4, 0.5) is 0 Å². The maximum atomic E-state index is 12.1. The second-order valence-electron chi connectivity index (χ2n) is 5.36. The summed E-state index contributed by atoms with van der Waals surface area (Å²) < 4.78 is 0. The lowest BCUT2D eigenvalue weighted by Gasteiger charge is -2.25. The van der Waals surface area contributed by atoms with Crippen LogP contribution >= 0.6 is 0 Å². The Balaban J connectivity index is 1.67. The lowest BCUT2D eigenvalue weighted by atomic mass is 9.83. The molecule has 2 nitrogen and oxygen atoms in total. The third-order valence-electron chi connectivity index (χ3n) is 4.04. The van der Waals surface area contributed by atoms with Gasteiger partial charge < -0.3 is 5.32 Å². The molecule has 0 aromatic heterocycles. The third kappa shape index (κ3) is 2.74. The molecule has 0 bridgehead atoms. The van der Waals surface area contributed by atoms with Crippen LogP contribution in [0.3, 0.4) is 0 Å². The molecule has 1 N–H and O–H groups in total. The van der Waals surface area contributed by atoms with E-state index in [1.165, 1.54) is 24.0 Å². The van der Waals surface area contributed by atoms with Gasteiger partial charge in [0.2, 0.25) is 0 Å². The smallest absolute Gasteiger partial charge is 0.251 e. The minimum Gasteiger partial charge on any atom is -0.351 e. The van der Waals surface area contributed by atoms with Gasteiger partial charge in [-0.3, -0.25) is 4.79 Å². The first-order valence-corrected chi connectivity index (χ1v) is 7.25. The van der Waals surface area contributed by atoms with Crippen LogP contribution in [-0.2, 0) is 6.42 Å². The molecule has 0 radical (unpaired) electrons. The molecule has 102 valence electrons. The van der Waals surface area contributed by atoms with Gasteiger partial charge in [0.05, 0.1) is 0 Å². The zero-order chi connectivity index (χ0) is 13.8. The summed E-state index contributed by atoms with van der Waals surface area (Å²) in [6, 6.07) is 18.0. The van der Waals surface area contributed by atoms with Gasteiger partial charge in [0.1, 0.15) is 0 Å². The molecule has 1 atom stereocenters. The normalized spacial score (nSPS) is 17.3. The van der Waals surface area contributed by atoms with Gasteiger partial charge >= 0.3 is 0 Å². The molecule has 1 aliphatic carbocycles. The summed E-state index contributed by atoms with van der Waals surface area (Å²) in [5.74, 6) is 0.473. The SMILES string of the molecule is O=C(NCC1CCCc2ccccc21)c1ccccc1. The number of amides is 1. The first-order valence-electron chi connectivity index (χ1n) is 7.25. The maximum Gasteiger partial charge on any atom is 0.251 e. The summed E-state index contributed by atoms with van der Waals surface area (Å²) in [6.45, 7) is 0.727. The second-order valence-corrected chi connectivity index (χ2v) is 5.36. The lowest BCUT2D eigenvalue weighted by molar-refractivity contribution is 0.0950. The summed E-state index contributed by atoms with van der Waals surface area (Å²) in [5.41, 5.74) is 3.58. The minimum absolute atomic E-state index is 0.0219. The molecule has 0 aliphatic heterocycles. The number of benzene rings is 2. The van der Waals surface area contributed by atoms with E-state index < -0.39 is 0 Å². The summed E-state index contributed by atoms with van der Waals surface area (Å²) in [7, 11) is 0. The molecule has 0 heterocycles. The van der Waals surface area contributed by atoms with Crippen LogP contribution < -0.4 is 5.32 Å². The van der Waals surface area contributed by atoms with Gasteiger partial charge in [0.25, 0.3) is 5.91 Å². The van der Waals surface area contributed by atoms with Crippen LogP contribution in [0.15, 0.2) is 54.6 Å². The van der Waals surface area contributed by atoms with Crippen LogP contribution in [0.25, 0.3) is 0 Å². The zero-order valence-electron chi connectivity index (χ0n) is 11.5. The van der Waals surface area contributed by atoms with E-state index >= 15 is 0 Å². The molecule has 0 saturated heterocycles. The van der Waals surface area contributed by atoms with Crippen molar-refractivity contribution in [1.29, 1.82) is 0 Å². The van der Waals surface area contributed by atoms with E-state index in [-0.39, 0.29) is 5.91 Å². The molecule has 2 heteroatoms. The van der Waals surface area contributed by atoms with Crippen molar-refractivity contribution in [1.82, 2.24) is 5.32 Å². The van der Waals surface area contributed by atoms with Crippen molar-refractivity contribution in [2.24, 2.45) is 0 Å². The topological polar surface area (TPSA) is 29.1 Å². The molecule has 2 aromatic rings. The fourth-order valence-electron chi connectivity index (χ4n) is 2.97. The summed E-state index contributed by atoms with van der Waals surface area (Å²) >= 11 is 0. The van der Waals surface area contributed by atoms with Crippen molar-refractivity contribution in [2.45, 2.75) is 25.2 Å². The minimum atomic E-state index is 0.0219. The Labute approximate surface area is 119 Å². The molecule has 1 aliphatic rings. The average Bonchev–Trinajstić information content (AvgIpc) is 2.53. The summed E-state index contributed by atoms with van der Waals surface area (Å²) in [5, 5.41) is 3.07. The summed E-state index contributed by atoms with van der Waals surface area (Å²) in [4.78, 5) is 12.1. The van der Waals surface area contributed by atoms with Crippen molar-refractivity contribution in [3.8, 4) is 0 Å². The Morgan fingerprint density at radius 2 is 1.80 bits per heavy atom. The van der Waals surface area contributed by atoms with Gasteiger partial charge in [-0.1, -0.05) is 42.5 Å². The van der Waals surface area contributed by atoms with Crippen LogP contribution in [0.2, 0.25) is 0 Å². The predicted octanol–water partition coefficient (Wildman–Crippen LogP) is 3.54. The molecule has 1 unspecified atom stereocenters. The average molecular weight is 265 g/mol. The van der Waals surface area contributed by atoms with E-state index in [2.05, 4.69) is 29.6 Å². The second kappa shape index (κ2) is 5.91. The number of fused-ring (bicyclic) bond motifs is 1. The molecule has 1 amide bonds. The van der Waals surface area contributed by atoms with Crippen LogP contribution in [0.1, 0.15) is 40.2 Å². The van der Waals surface area contributed by atoms with Gasteiger partial charge in [0.15, 0.2) is 0 Å². The van der Waals surface area contributed by atoms with Crippen molar-refractivity contribution >= 4 is 5.91 Å². The van der Waals surface area contributed by atoms with Crippen molar-refractivity contribution in [3.05, 3.63) is 71.3 Å². The molecule has 0 saturated carbocycles. The highest BCUT2D eigenvalue weighted by Gasteiger charge is 2.20. The fourth-order valence-corrected chi connectivity index (χ4v) is 2.97. The number of carbonyl (C=O) groups excluding carboxylic acids is 1. The van der Waals surface area contributed by atoms with Crippen molar-refractivity contribution in [3.63, 3.8) is 0 Å². The predicted molar refractivity (Wildman–Crippen MR) is 80.9 cm³/mol. The number of nitrogens with one attached hydrogen (secondary N) is 1. The molecule has 20 heavy (non-hydrogen) atoms. The standard InChI is InChI=1S/C18H19NO/c20-18(15-8-2-1-3-9-15)19-13-16-11-6-10-14-7-4-5-12-17(14)16/h1-5,7-9,12,16H,6,10-11,13H2,(H,19,20). The maximum absolute atomic E-state index is 12.1. The third-order valence-corrected chi connectivity index (χ3v) is 4.04. The Kier molecular flexibility index (Phi) is 3.82. The number of hydrogen-bond acceptors (Lipinski definition) is 1. The molecular weight excluding hydrogens is 246 g/mol. The van der Waals surface area contributed by atoms with E-state index in [9.17, 15) is 4.79 Å². The Morgan fingerprint density at radius 3 is 2.65 bits per heavy atom. The van der Waals surface area contributed by atoms with E-state index in [0.717, 1.165) is 18.5 Å². The first-order chi connectivity index (χ1) is 9.84. The zero-order valence-corrected chi connectivity index (χ0v) is 11.5. The van der Waals surface area contributed by atoms with Crippen molar-refractivity contribution < 1.29 is 4.79 Å². The quantitative estimate of drug-likeness (QED) is 0.903. The molecular formula is C18H19NO. The Hall–Kier alpha value is -2.09. The van der Waals surface area contributed by atoms with Gasteiger partial charge in [-0.25, -0.2) is 0 Å². The largest absolute Gasteiger partial charge is 0.351 e. The van der Waals surface area contributed by atoms with E-state index in [1.54, 1.807) is 0 Å². The highest BCUT2D eigenvalue weighted by atomic mass is 16.1. The van der Waals surface area contributed by atoms with Crippen molar-refractivity contribution in [2.75, 3.05) is 6.54 Å². The lowest BCUT2D eigenvalue weighted by Crippen LogP contribution is -2.29. The molecule has 0 fully saturated rings. The molecule has 3 rings (SSSR count).